The Balaban J connectivity index is 1.71. The lowest BCUT2D eigenvalue weighted by molar-refractivity contribution is -0.119. The average Bonchev–Trinajstić information content (AvgIpc) is 3.08. The van der Waals surface area contributed by atoms with Crippen LogP contribution < -0.4 is 5.32 Å². The van der Waals surface area contributed by atoms with Crippen LogP contribution in [0.15, 0.2) is 72.8 Å². The average molecular weight is 458 g/mol. The second kappa shape index (κ2) is 8.99. The number of fused-ring (bicyclic) bond motifs is 1. The molecule has 3 aromatic rings. The Morgan fingerprint density at radius 3 is 1.76 bits per heavy atom. The number of anilines is 1. The maximum Gasteiger partial charge on any atom is 0.335 e. The molecule has 9 heteroatoms. The highest BCUT2D eigenvalue weighted by molar-refractivity contribution is 6.23. The van der Waals surface area contributed by atoms with E-state index in [2.05, 4.69) is 5.32 Å². The van der Waals surface area contributed by atoms with E-state index in [1.165, 1.54) is 12.1 Å². The van der Waals surface area contributed by atoms with E-state index in [0.29, 0.717) is 5.56 Å². The summed E-state index contributed by atoms with van der Waals surface area (Å²) in [7, 11) is 0. The summed E-state index contributed by atoms with van der Waals surface area (Å²) in [5.41, 5.74) is 0.284. The van der Waals surface area contributed by atoms with Gasteiger partial charge in [-0.3, -0.25) is 19.3 Å². The first-order valence-electron chi connectivity index (χ1n) is 10.2. The second-order valence-electron chi connectivity index (χ2n) is 7.63. The molecule has 0 saturated carbocycles. The number of rotatable bonds is 7. The summed E-state index contributed by atoms with van der Waals surface area (Å²) in [5, 5.41) is 21.1. The van der Waals surface area contributed by atoms with Crippen molar-refractivity contribution in [2.75, 3.05) is 5.32 Å². The number of hydrogen-bond donors (Lipinski definition) is 3. The van der Waals surface area contributed by atoms with Gasteiger partial charge >= 0.3 is 11.9 Å². The van der Waals surface area contributed by atoms with Gasteiger partial charge in [-0.05, 0) is 35.9 Å². The lowest BCUT2D eigenvalue weighted by atomic mass is 10.0. The fourth-order valence-corrected chi connectivity index (χ4v) is 3.80. The summed E-state index contributed by atoms with van der Waals surface area (Å²) in [5.74, 6) is -4.76. The molecule has 4 rings (SSSR count). The van der Waals surface area contributed by atoms with Gasteiger partial charge in [0, 0.05) is 12.1 Å². The largest absolute Gasteiger partial charge is 0.478 e. The van der Waals surface area contributed by atoms with Crippen LogP contribution in [-0.2, 0) is 11.2 Å². The predicted molar refractivity (Wildman–Crippen MR) is 120 cm³/mol. The molecule has 0 aromatic heterocycles. The fraction of sp³-hybridized carbons (Fsp3) is 0.0800. The zero-order valence-corrected chi connectivity index (χ0v) is 17.6. The van der Waals surface area contributed by atoms with Gasteiger partial charge in [-0.25, -0.2) is 9.59 Å². The molecule has 1 heterocycles. The SMILES string of the molecule is O=C(O)c1cc(NC(=O)[C@H](Cc2ccccc2)N2C(=O)c3ccccc3C2=O)cc(C(=O)O)c1. The molecule has 1 atom stereocenters. The van der Waals surface area contributed by atoms with Gasteiger partial charge in [0.2, 0.25) is 5.91 Å². The smallest absolute Gasteiger partial charge is 0.335 e. The molecular formula is C25H18N2O7. The number of carboxylic acids is 2. The Hall–Kier alpha value is -4.79. The Labute approximate surface area is 193 Å². The summed E-state index contributed by atoms with van der Waals surface area (Å²) in [6, 6.07) is 16.9. The predicted octanol–water partition coefficient (Wildman–Crippen LogP) is 2.93. The molecule has 0 saturated heterocycles. The molecule has 9 nitrogen and oxygen atoms in total. The molecule has 0 fully saturated rings. The third-order valence-corrected chi connectivity index (χ3v) is 5.41. The van der Waals surface area contributed by atoms with E-state index in [9.17, 15) is 34.2 Å². The summed E-state index contributed by atoms with van der Waals surface area (Å²) in [4.78, 5) is 63.2. The van der Waals surface area contributed by atoms with Crippen LogP contribution >= 0.6 is 0 Å². The monoisotopic (exact) mass is 458 g/mol. The number of amides is 3. The second-order valence-corrected chi connectivity index (χ2v) is 7.63. The van der Waals surface area contributed by atoms with Gasteiger partial charge in [-0.2, -0.15) is 0 Å². The first-order valence-corrected chi connectivity index (χ1v) is 10.2. The van der Waals surface area contributed by atoms with E-state index < -0.39 is 35.7 Å². The minimum Gasteiger partial charge on any atom is -0.478 e. The van der Waals surface area contributed by atoms with Gasteiger partial charge in [0.05, 0.1) is 22.3 Å². The van der Waals surface area contributed by atoms with Gasteiger partial charge in [-0.15, -0.1) is 0 Å². The van der Waals surface area contributed by atoms with Crippen LogP contribution in [-0.4, -0.2) is 50.8 Å². The van der Waals surface area contributed by atoms with Crippen LogP contribution in [0.1, 0.15) is 47.0 Å². The van der Waals surface area contributed by atoms with Crippen molar-refractivity contribution in [2.45, 2.75) is 12.5 Å². The van der Waals surface area contributed by atoms with E-state index in [0.717, 1.165) is 23.1 Å². The normalized spacial score (nSPS) is 13.4. The van der Waals surface area contributed by atoms with Crippen molar-refractivity contribution >= 4 is 35.3 Å². The summed E-state index contributed by atoms with van der Waals surface area (Å²) in [6.45, 7) is 0. The van der Waals surface area contributed by atoms with Gasteiger partial charge < -0.3 is 15.5 Å². The molecule has 0 bridgehead atoms. The molecule has 1 aliphatic heterocycles. The molecular weight excluding hydrogens is 440 g/mol. The van der Waals surface area contributed by atoms with Crippen LogP contribution in [0.5, 0.6) is 0 Å². The van der Waals surface area contributed by atoms with Gasteiger partial charge in [0.15, 0.2) is 0 Å². The van der Waals surface area contributed by atoms with E-state index in [1.54, 1.807) is 42.5 Å². The number of carboxylic acid groups (broad SMARTS) is 2. The molecule has 0 aliphatic carbocycles. The molecule has 0 radical (unpaired) electrons. The molecule has 3 amide bonds. The molecule has 34 heavy (non-hydrogen) atoms. The molecule has 1 aliphatic rings. The lowest BCUT2D eigenvalue weighted by Gasteiger charge is -2.25. The number of benzene rings is 3. The summed E-state index contributed by atoms with van der Waals surface area (Å²) >= 11 is 0. The van der Waals surface area contributed by atoms with Crippen molar-refractivity contribution in [1.29, 1.82) is 0 Å². The van der Waals surface area contributed by atoms with Crippen LogP contribution in [0.25, 0.3) is 0 Å². The number of imide groups is 1. The highest BCUT2D eigenvalue weighted by Crippen LogP contribution is 2.27. The van der Waals surface area contributed by atoms with Crippen molar-refractivity contribution in [3.8, 4) is 0 Å². The quantitative estimate of drug-likeness (QED) is 0.462. The third-order valence-electron chi connectivity index (χ3n) is 5.41. The van der Waals surface area contributed by atoms with Crippen LogP contribution in [0, 0.1) is 0 Å². The number of nitrogens with zero attached hydrogens (tertiary/aromatic N) is 1. The van der Waals surface area contributed by atoms with E-state index in [1.807, 2.05) is 0 Å². The number of nitrogens with one attached hydrogen (secondary N) is 1. The minimum atomic E-state index is -1.38. The highest BCUT2D eigenvalue weighted by atomic mass is 16.4. The standard InChI is InChI=1S/C25H18N2O7/c28-21(26-17-12-15(24(31)32)11-16(13-17)25(33)34)20(10-14-6-2-1-3-7-14)27-22(29)18-8-4-5-9-19(18)23(27)30/h1-9,11-13,20H,10H2,(H,26,28)(H,31,32)(H,33,34)/t20-/m0/s1. The van der Waals surface area contributed by atoms with Gasteiger partial charge in [-0.1, -0.05) is 42.5 Å². The molecule has 0 unspecified atom stereocenters. The first-order chi connectivity index (χ1) is 16.3. The Bertz CT molecular complexity index is 1270. The Kier molecular flexibility index (Phi) is 5.92. The third kappa shape index (κ3) is 4.26. The zero-order chi connectivity index (χ0) is 24.4. The number of aromatic carboxylic acids is 2. The molecule has 3 aromatic carbocycles. The first kappa shape index (κ1) is 22.4. The number of carbonyl (C=O) groups excluding carboxylic acids is 3. The minimum absolute atomic E-state index is 0.00253. The maximum atomic E-state index is 13.4. The van der Waals surface area contributed by atoms with Crippen molar-refractivity contribution < 1.29 is 34.2 Å². The lowest BCUT2D eigenvalue weighted by Crippen LogP contribution is -2.48. The highest BCUT2D eigenvalue weighted by Gasteiger charge is 2.42. The number of carbonyl (C=O) groups is 5. The van der Waals surface area contributed by atoms with Crippen LogP contribution in [0.3, 0.4) is 0 Å². The molecule has 3 N–H and O–H groups in total. The van der Waals surface area contributed by atoms with Crippen molar-refractivity contribution in [2.24, 2.45) is 0 Å². The van der Waals surface area contributed by atoms with Crippen molar-refractivity contribution in [3.63, 3.8) is 0 Å². The van der Waals surface area contributed by atoms with E-state index >= 15 is 0 Å². The van der Waals surface area contributed by atoms with E-state index in [-0.39, 0.29) is 34.4 Å². The van der Waals surface area contributed by atoms with Crippen molar-refractivity contribution in [3.05, 3.63) is 101 Å². The van der Waals surface area contributed by atoms with Crippen molar-refractivity contribution in [1.82, 2.24) is 4.90 Å². The Morgan fingerprint density at radius 1 is 0.765 bits per heavy atom. The van der Waals surface area contributed by atoms with E-state index in [4.69, 9.17) is 0 Å². The van der Waals surface area contributed by atoms with Crippen LogP contribution in [0.2, 0.25) is 0 Å². The number of hydrogen-bond acceptors (Lipinski definition) is 5. The van der Waals surface area contributed by atoms with Gasteiger partial charge in [0.1, 0.15) is 6.04 Å². The van der Waals surface area contributed by atoms with Gasteiger partial charge in [0.25, 0.3) is 11.8 Å². The summed E-state index contributed by atoms with van der Waals surface area (Å²) in [6.07, 6.45) is 0.00253. The summed E-state index contributed by atoms with van der Waals surface area (Å²) < 4.78 is 0. The topological polar surface area (TPSA) is 141 Å². The maximum absolute atomic E-state index is 13.4. The Morgan fingerprint density at radius 2 is 1.26 bits per heavy atom. The molecule has 170 valence electrons. The molecule has 0 spiro atoms. The zero-order valence-electron chi connectivity index (χ0n) is 17.6. The fourth-order valence-electron chi connectivity index (χ4n) is 3.80. The van der Waals surface area contributed by atoms with Crippen LogP contribution in [0.4, 0.5) is 5.69 Å².